The normalized spacial score (nSPS) is 18.7. The van der Waals surface area contributed by atoms with E-state index in [4.69, 9.17) is 4.74 Å². The predicted molar refractivity (Wildman–Crippen MR) is 123 cm³/mol. The molecule has 3 heterocycles. The first-order chi connectivity index (χ1) is 13.6. The highest BCUT2D eigenvalue weighted by molar-refractivity contribution is 5.85. The number of piperidine rings is 1. The van der Waals surface area contributed by atoms with E-state index in [0.29, 0.717) is 12.8 Å². The average molecular weight is 461 g/mol. The fourth-order valence-electron chi connectivity index (χ4n) is 4.48. The summed E-state index contributed by atoms with van der Waals surface area (Å²) in [6, 6.07) is 4.08. The molecule has 2 fully saturated rings. The van der Waals surface area contributed by atoms with Crippen LogP contribution in [0.2, 0.25) is 0 Å². The topological polar surface area (TPSA) is 66.0 Å². The number of carbonyl (C=O) groups is 2. The van der Waals surface area contributed by atoms with Crippen molar-refractivity contribution in [2.45, 2.75) is 44.6 Å². The molecule has 2 aliphatic rings. The molecule has 0 spiro atoms. The number of carbonyl (C=O) groups excluding carboxylic acids is 2. The lowest BCUT2D eigenvalue weighted by Gasteiger charge is -2.51. The van der Waals surface area contributed by atoms with Crippen LogP contribution in [-0.2, 0) is 14.3 Å². The number of rotatable bonds is 6. The Morgan fingerprint density at radius 2 is 1.63 bits per heavy atom. The maximum Gasteiger partial charge on any atom is 0.307 e. The summed E-state index contributed by atoms with van der Waals surface area (Å²) >= 11 is 0. The summed E-state index contributed by atoms with van der Waals surface area (Å²) in [4.78, 5) is 35.3. The van der Waals surface area contributed by atoms with E-state index >= 15 is 0 Å². The van der Waals surface area contributed by atoms with Crippen LogP contribution in [0.5, 0.6) is 0 Å². The van der Waals surface area contributed by atoms with Gasteiger partial charge in [-0.15, -0.1) is 24.8 Å². The van der Waals surface area contributed by atoms with Crippen molar-refractivity contribution < 1.29 is 14.3 Å². The van der Waals surface area contributed by atoms with Crippen LogP contribution >= 0.6 is 24.8 Å². The van der Waals surface area contributed by atoms with Crippen LogP contribution in [0.25, 0.3) is 0 Å². The highest BCUT2D eigenvalue weighted by Crippen LogP contribution is 2.34. The van der Waals surface area contributed by atoms with Crippen molar-refractivity contribution >= 4 is 42.4 Å². The first-order valence-corrected chi connectivity index (χ1v) is 10.3. The predicted octanol–water partition coefficient (Wildman–Crippen LogP) is 2.77. The molecule has 0 bridgehead atoms. The van der Waals surface area contributed by atoms with Gasteiger partial charge < -0.3 is 14.5 Å². The highest BCUT2D eigenvalue weighted by atomic mass is 35.5. The van der Waals surface area contributed by atoms with Gasteiger partial charge in [-0.3, -0.25) is 19.5 Å². The summed E-state index contributed by atoms with van der Waals surface area (Å²) in [6.07, 6.45) is 7.18. The maximum absolute atomic E-state index is 12.3. The number of nitrogens with zero attached hydrogens (tertiary/aromatic N) is 4. The van der Waals surface area contributed by atoms with Crippen LogP contribution in [0, 0.1) is 0 Å². The van der Waals surface area contributed by atoms with E-state index in [1.165, 1.54) is 12.8 Å². The Kier molecular flexibility index (Phi) is 10.9. The third-order valence-corrected chi connectivity index (χ3v) is 6.19. The molecule has 7 nitrogen and oxygen atoms in total. The number of aromatic nitrogens is 1. The molecule has 0 N–H and O–H groups in total. The molecule has 1 amide bonds. The van der Waals surface area contributed by atoms with E-state index < -0.39 is 0 Å². The second-order valence-electron chi connectivity index (χ2n) is 7.79. The van der Waals surface area contributed by atoms with Gasteiger partial charge in [-0.2, -0.15) is 0 Å². The molecule has 9 heteroatoms. The zero-order chi connectivity index (χ0) is 20.0. The number of methoxy groups -OCH3 is 1. The van der Waals surface area contributed by atoms with Crippen LogP contribution in [0.15, 0.2) is 24.5 Å². The fraction of sp³-hybridized carbons (Fsp3) is 0.667. The minimum atomic E-state index is -0.208. The Bertz CT molecular complexity index is 661. The molecule has 0 radical (unpaired) electrons. The minimum Gasteiger partial charge on any atom is -0.469 e. The SMILES string of the molecule is CCCC(=O)N1CCC(CC(=O)OC)(N2CCN(c3ccncc3)CC2)CC1.Cl.Cl. The molecule has 3 rings (SSSR count). The Morgan fingerprint density at radius 3 is 2.17 bits per heavy atom. The van der Waals surface area contributed by atoms with Gasteiger partial charge in [0.1, 0.15) is 0 Å². The highest BCUT2D eigenvalue weighted by Gasteiger charge is 2.43. The number of esters is 1. The van der Waals surface area contributed by atoms with Crippen molar-refractivity contribution in [2.75, 3.05) is 51.3 Å². The lowest BCUT2D eigenvalue weighted by molar-refractivity contribution is -0.146. The van der Waals surface area contributed by atoms with Crippen molar-refractivity contribution in [2.24, 2.45) is 0 Å². The van der Waals surface area contributed by atoms with Gasteiger partial charge in [-0.05, 0) is 31.4 Å². The third-order valence-electron chi connectivity index (χ3n) is 6.19. The molecular weight excluding hydrogens is 427 g/mol. The molecule has 170 valence electrons. The smallest absolute Gasteiger partial charge is 0.307 e. The minimum absolute atomic E-state index is 0. The maximum atomic E-state index is 12.3. The Hall–Kier alpha value is -1.57. The number of ether oxygens (including phenoxy) is 1. The number of hydrogen-bond acceptors (Lipinski definition) is 6. The van der Waals surface area contributed by atoms with Crippen molar-refractivity contribution in [1.29, 1.82) is 0 Å². The molecule has 2 saturated heterocycles. The van der Waals surface area contributed by atoms with Gasteiger partial charge in [0, 0.05) is 69.3 Å². The fourth-order valence-corrected chi connectivity index (χ4v) is 4.48. The van der Waals surface area contributed by atoms with Crippen LogP contribution < -0.4 is 4.90 Å². The zero-order valence-electron chi connectivity index (χ0n) is 17.9. The lowest BCUT2D eigenvalue weighted by atomic mass is 9.81. The van der Waals surface area contributed by atoms with Gasteiger partial charge in [-0.1, -0.05) is 6.92 Å². The second kappa shape index (κ2) is 12.3. The summed E-state index contributed by atoms with van der Waals surface area (Å²) in [6.45, 7) is 7.13. The molecule has 1 aromatic heterocycles. The molecule has 0 atom stereocenters. The van der Waals surface area contributed by atoms with E-state index in [9.17, 15) is 9.59 Å². The summed E-state index contributed by atoms with van der Waals surface area (Å²) in [7, 11) is 1.46. The van der Waals surface area contributed by atoms with Crippen molar-refractivity contribution in [3.63, 3.8) is 0 Å². The summed E-state index contributed by atoms with van der Waals surface area (Å²) in [5.74, 6) is 0.0709. The van der Waals surface area contributed by atoms with Gasteiger partial charge in [0.2, 0.25) is 5.91 Å². The Morgan fingerprint density at radius 1 is 1.03 bits per heavy atom. The molecule has 0 aromatic carbocycles. The Balaban J connectivity index is 0.00000225. The monoisotopic (exact) mass is 460 g/mol. The van der Waals surface area contributed by atoms with Gasteiger partial charge in [0.25, 0.3) is 0 Å². The van der Waals surface area contributed by atoms with Crippen molar-refractivity contribution in [3.05, 3.63) is 24.5 Å². The van der Waals surface area contributed by atoms with Crippen molar-refractivity contribution in [1.82, 2.24) is 14.8 Å². The Labute approximate surface area is 192 Å². The quantitative estimate of drug-likeness (QED) is 0.608. The van der Waals surface area contributed by atoms with Crippen LogP contribution in [0.4, 0.5) is 5.69 Å². The van der Waals surface area contributed by atoms with E-state index in [1.807, 2.05) is 36.4 Å². The second-order valence-corrected chi connectivity index (χ2v) is 7.79. The summed E-state index contributed by atoms with van der Waals surface area (Å²) in [5.41, 5.74) is 0.983. The molecule has 0 saturated carbocycles. The first kappa shape index (κ1) is 26.5. The molecule has 0 aliphatic carbocycles. The van der Waals surface area contributed by atoms with Gasteiger partial charge in [0.05, 0.1) is 13.5 Å². The van der Waals surface area contributed by atoms with Gasteiger partial charge in [-0.25, -0.2) is 0 Å². The number of anilines is 1. The number of amides is 1. The van der Waals surface area contributed by atoms with Crippen molar-refractivity contribution in [3.8, 4) is 0 Å². The van der Waals surface area contributed by atoms with Gasteiger partial charge >= 0.3 is 5.97 Å². The van der Waals surface area contributed by atoms with Crippen LogP contribution in [0.3, 0.4) is 0 Å². The van der Waals surface area contributed by atoms with Crippen LogP contribution in [0.1, 0.15) is 39.0 Å². The average Bonchev–Trinajstić information content (AvgIpc) is 2.75. The van der Waals surface area contributed by atoms with E-state index in [0.717, 1.165) is 58.5 Å². The molecule has 2 aliphatic heterocycles. The number of likely N-dealkylation sites (tertiary alicyclic amines) is 1. The molecule has 30 heavy (non-hydrogen) atoms. The third kappa shape index (κ3) is 6.22. The number of pyridine rings is 1. The van der Waals surface area contributed by atoms with Crippen LogP contribution in [-0.4, -0.2) is 78.6 Å². The molecule has 1 aromatic rings. The standard InChI is InChI=1S/C21H32N4O3.2ClH/c1-3-4-19(26)24-11-7-21(8-12-24,17-20(27)28-2)25-15-13-23(14-16-25)18-5-9-22-10-6-18;;/h5-6,9-10H,3-4,7-8,11-17H2,1-2H3;2*1H. The lowest BCUT2D eigenvalue weighted by Crippen LogP contribution is -2.62. The first-order valence-electron chi connectivity index (χ1n) is 10.3. The van der Waals surface area contributed by atoms with Gasteiger partial charge in [0.15, 0.2) is 0 Å². The summed E-state index contributed by atoms with van der Waals surface area (Å²) < 4.78 is 5.01. The molecular formula is C21H34Cl2N4O3. The molecule has 0 unspecified atom stereocenters. The van der Waals surface area contributed by atoms with E-state index in [1.54, 1.807) is 0 Å². The van der Waals surface area contributed by atoms with E-state index in [-0.39, 0.29) is 42.2 Å². The summed E-state index contributed by atoms with van der Waals surface area (Å²) in [5, 5.41) is 0. The zero-order valence-corrected chi connectivity index (χ0v) is 19.6. The number of hydrogen-bond donors (Lipinski definition) is 0. The van der Waals surface area contributed by atoms with E-state index in [2.05, 4.69) is 14.8 Å². The number of piperazine rings is 1. The largest absolute Gasteiger partial charge is 0.469 e. The number of halogens is 2.